The molecule has 2 saturated heterocycles. The van der Waals surface area contributed by atoms with Crippen molar-refractivity contribution in [1.82, 2.24) is 4.84 Å². The monoisotopic (exact) mass is 508 g/mol. The van der Waals surface area contributed by atoms with E-state index < -0.39 is 67.6 Å². The molecule has 0 spiro atoms. The Labute approximate surface area is 197 Å². The predicted octanol–water partition coefficient (Wildman–Crippen LogP) is -1.47. The third kappa shape index (κ3) is 8.20. The van der Waals surface area contributed by atoms with E-state index in [1.807, 2.05) is 13.8 Å². The van der Waals surface area contributed by atoms with Gasteiger partial charge in [0.25, 0.3) is 0 Å². The van der Waals surface area contributed by atoms with Crippen LogP contribution in [-0.2, 0) is 28.5 Å². The number of nitrogens with one attached hydrogen (secondary N) is 1. The van der Waals surface area contributed by atoms with Crippen LogP contribution < -0.4 is 10.6 Å². The van der Waals surface area contributed by atoms with Crippen molar-refractivity contribution in [1.29, 1.82) is 0 Å². The highest BCUT2D eigenvalue weighted by atomic mass is 35.5. The number of halogens is 2. The molecule has 0 saturated carbocycles. The van der Waals surface area contributed by atoms with E-state index in [1.54, 1.807) is 0 Å². The minimum absolute atomic E-state index is 0. The first-order valence-corrected chi connectivity index (χ1v) is 10.3. The smallest absolute Gasteiger partial charge is 0.304 e. The maximum absolute atomic E-state index is 11.1. The molecule has 190 valence electrons. The fourth-order valence-corrected chi connectivity index (χ4v) is 3.67. The summed E-state index contributed by atoms with van der Waals surface area (Å²) in [6.45, 7) is 6.00. The number of rotatable bonds is 5. The number of nitrogens with two attached hydrogens (primary N) is 1. The van der Waals surface area contributed by atoms with Crippen LogP contribution in [0.5, 0.6) is 0 Å². The summed E-state index contributed by atoms with van der Waals surface area (Å²) < 4.78 is 20.6. The van der Waals surface area contributed by atoms with Crippen LogP contribution in [0.25, 0.3) is 0 Å². The quantitative estimate of drug-likeness (QED) is 0.187. The maximum atomic E-state index is 11.1. The number of aliphatic hydroxyl groups excluding tert-OH is 4. The average molecular weight is 509 g/mol. The first-order valence-electron chi connectivity index (χ1n) is 9.90. The molecule has 14 heteroatoms. The summed E-state index contributed by atoms with van der Waals surface area (Å²) in [6.07, 6.45) is -5.71. The van der Waals surface area contributed by atoms with Gasteiger partial charge in [-0.1, -0.05) is 13.8 Å². The second-order valence-electron chi connectivity index (χ2n) is 7.43. The molecule has 32 heavy (non-hydrogen) atoms. The van der Waals surface area contributed by atoms with Crippen LogP contribution >= 0.6 is 24.2 Å². The summed E-state index contributed by atoms with van der Waals surface area (Å²) in [6, 6.07) is -1.64. The molecule has 0 amide bonds. The minimum Gasteiger partial charge on any atom is -0.460 e. The first-order chi connectivity index (χ1) is 14.5. The molecule has 7 N–H and O–H groups in total. The maximum Gasteiger partial charge on any atom is 0.304 e. The Hall–Kier alpha value is -0.800. The van der Waals surface area contributed by atoms with Crippen molar-refractivity contribution in [3.8, 4) is 0 Å². The zero-order valence-electron chi connectivity index (χ0n) is 18.3. The molecule has 12 nitrogen and oxygen atoms in total. The van der Waals surface area contributed by atoms with Gasteiger partial charge in [0.15, 0.2) is 6.29 Å². The highest BCUT2D eigenvalue weighted by molar-refractivity contribution is 6.13. The van der Waals surface area contributed by atoms with E-state index in [9.17, 15) is 24.9 Å². The Kier molecular flexibility index (Phi) is 14.1. The van der Waals surface area contributed by atoms with Crippen molar-refractivity contribution in [2.75, 3.05) is 6.61 Å². The van der Waals surface area contributed by atoms with E-state index in [1.165, 1.54) is 13.8 Å². The first kappa shape index (κ1) is 31.2. The van der Waals surface area contributed by atoms with Crippen molar-refractivity contribution in [2.24, 2.45) is 11.7 Å². The van der Waals surface area contributed by atoms with Crippen LogP contribution in [0.15, 0.2) is 0 Å². The summed E-state index contributed by atoms with van der Waals surface area (Å²) in [4.78, 5) is 24.2. The molecule has 2 fully saturated rings. The number of hydrogen-bond donors (Lipinski definition) is 6. The Balaban J connectivity index is 0.000000611. The third-order valence-corrected chi connectivity index (χ3v) is 5.37. The SMILES string of the molecule is CC[C@H]1O[C@@H](OC(C)=O)[C@H](N)[C@@H](OC(C)=O)[C@@H]1C.Cl.OC[C@H]1O[C@@H](O)[C@H](NCl)[C@@H](O)[C@@H]1O. The molecule has 0 radical (unpaired) electrons. The van der Waals surface area contributed by atoms with Gasteiger partial charge in [-0.15, -0.1) is 12.4 Å². The van der Waals surface area contributed by atoms with Crippen LogP contribution in [0.1, 0.15) is 34.1 Å². The van der Waals surface area contributed by atoms with E-state index >= 15 is 0 Å². The molecule has 2 aliphatic heterocycles. The average Bonchev–Trinajstić information content (AvgIpc) is 2.70. The topological polar surface area (TPSA) is 190 Å². The van der Waals surface area contributed by atoms with E-state index in [0.717, 1.165) is 6.42 Å². The fourth-order valence-electron chi connectivity index (χ4n) is 3.43. The van der Waals surface area contributed by atoms with Gasteiger partial charge < -0.3 is 45.1 Å². The highest BCUT2D eigenvalue weighted by Crippen LogP contribution is 2.29. The van der Waals surface area contributed by atoms with Crippen molar-refractivity contribution >= 4 is 36.1 Å². The highest BCUT2D eigenvalue weighted by Gasteiger charge is 2.45. The van der Waals surface area contributed by atoms with Crippen molar-refractivity contribution in [3.63, 3.8) is 0 Å². The summed E-state index contributed by atoms with van der Waals surface area (Å²) >= 11 is 5.20. The van der Waals surface area contributed by atoms with Gasteiger partial charge in [-0.05, 0) is 18.2 Å². The second kappa shape index (κ2) is 14.5. The largest absolute Gasteiger partial charge is 0.460 e. The van der Waals surface area contributed by atoms with E-state index in [4.69, 9.17) is 41.6 Å². The molecule has 0 bridgehead atoms. The zero-order valence-corrected chi connectivity index (χ0v) is 19.9. The summed E-state index contributed by atoms with van der Waals surface area (Å²) in [7, 11) is 0. The number of aliphatic hydroxyl groups is 4. The number of ether oxygens (including phenoxy) is 4. The fraction of sp³-hybridized carbons (Fsp3) is 0.889. The molecule has 2 heterocycles. The zero-order chi connectivity index (χ0) is 23.9. The molecule has 0 aromatic carbocycles. The van der Waals surface area contributed by atoms with Crippen LogP contribution in [0, 0.1) is 5.92 Å². The molecule has 0 unspecified atom stereocenters. The van der Waals surface area contributed by atoms with Crippen LogP contribution in [0.2, 0.25) is 0 Å². The Morgan fingerprint density at radius 3 is 2.06 bits per heavy atom. The van der Waals surface area contributed by atoms with Gasteiger partial charge in [-0.3, -0.25) is 9.59 Å². The Bertz CT molecular complexity index is 590. The third-order valence-electron chi connectivity index (χ3n) is 5.12. The van der Waals surface area contributed by atoms with Crippen LogP contribution in [0.3, 0.4) is 0 Å². The summed E-state index contributed by atoms with van der Waals surface area (Å²) in [5.41, 5.74) is 5.95. The molecule has 2 aliphatic rings. The van der Waals surface area contributed by atoms with Gasteiger partial charge in [0.2, 0.25) is 6.29 Å². The summed E-state index contributed by atoms with van der Waals surface area (Å²) in [5.74, 6) is -0.914. The van der Waals surface area contributed by atoms with Gasteiger partial charge in [-0.2, -0.15) is 0 Å². The number of carbonyl (C=O) groups is 2. The van der Waals surface area contributed by atoms with E-state index in [-0.39, 0.29) is 24.4 Å². The molecule has 0 aromatic rings. The molecule has 0 aliphatic carbocycles. The van der Waals surface area contributed by atoms with Crippen LogP contribution in [0.4, 0.5) is 0 Å². The predicted molar refractivity (Wildman–Crippen MR) is 113 cm³/mol. The van der Waals surface area contributed by atoms with Crippen molar-refractivity contribution in [3.05, 3.63) is 0 Å². The lowest BCUT2D eigenvalue weighted by molar-refractivity contribution is -0.251. The van der Waals surface area contributed by atoms with Gasteiger partial charge in [0.05, 0.1) is 12.7 Å². The van der Waals surface area contributed by atoms with Crippen LogP contribution in [-0.4, -0.2) is 94.2 Å². The lowest BCUT2D eigenvalue weighted by atomic mass is 9.88. The Morgan fingerprint density at radius 1 is 1.06 bits per heavy atom. The summed E-state index contributed by atoms with van der Waals surface area (Å²) in [5, 5.41) is 36.6. The van der Waals surface area contributed by atoms with Gasteiger partial charge in [0.1, 0.15) is 36.5 Å². The van der Waals surface area contributed by atoms with Gasteiger partial charge >= 0.3 is 11.9 Å². The number of carbonyl (C=O) groups excluding carboxylic acids is 2. The van der Waals surface area contributed by atoms with Crippen molar-refractivity contribution in [2.45, 2.75) is 89.3 Å². The van der Waals surface area contributed by atoms with Gasteiger partial charge in [-0.25, -0.2) is 4.84 Å². The van der Waals surface area contributed by atoms with E-state index in [0.29, 0.717) is 0 Å². The van der Waals surface area contributed by atoms with E-state index in [2.05, 4.69) is 4.84 Å². The standard InChI is InChI=1S/C12H21NO5.C6H12ClNO5.ClH/c1-5-9-6(2)11(16-7(3)14)10(13)12(18-9)17-8(4)15;7-8-3-5(11)4(10)2(1-9)13-6(3)12;/h6,9-12H,5,13H2,1-4H3;2-6,8-12H,1H2;1H/t6-,9-,10-,11+,12-;2-,3-,4-,5-,6-;/m11./s1. The Morgan fingerprint density at radius 2 is 1.62 bits per heavy atom. The molecular weight excluding hydrogens is 475 g/mol. The lowest BCUT2D eigenvalue weighted by Crippen LogP contribution is -2.61. The number of esters is 2. The molecule has 0 aromatic heterocycles. The lowest BCUT2D eigenvalue weighted by Gasteiger charge is -2.42. The molecular formula is C18H34Cl2N2O10. The minimum atomic E-state index is -1.35. The van der Waals surface area contributed by atoms with Crippen molar-refractivity contribution < 1.29 is 49.0 Å². The second-order valence-corrected chi connectivity index (χ2v) is 7.65. The number of hydrogen-bond acceptors (Lipinski definition) is 12. The molecule has 2 rings (SSSR count). The normalized spacial score (nSPS) is 39.1. The molecule has 10 atom stereocenters. The van der Waals surface area contributed by atoms with Gasteiger partial charge in [0, 0.05) is 19.8 Å².